The van der Waals surface area contributed by atoms with Crippen molar-refractivity contribution in [3.05, 3.63) is 69.7 Å². The van der Waals surface area contributed by atoms with E-state index >= 15 is 0 Å². The topological polar surface area (TPSA) is 40.5 Å². The van der Waals surface area contributed by atoms with Gasteiger partial charge in [0.05, 0.1) is 15.4 Å². The Morgan fingerprint density at radius 1 is 0.731 bits per heavy atom. The van der Waals surface area contributed by atoms with Crippen molar-refractivity contribution in [1.82, 2.24) is 0 Å². The Labute approximate surface area is 175 Å². The third-order valence-corrected chi connectivity index (χ3v) is 8.91. The molecule has 4 rings (SSSR count). The average Bonchev–Trinajstić information content (AvgIpc) is 2.65. The summed E-state index contributed by atoms with van der Waals surface area (Å²) in [4.78, 5) is -2.16. The smallest absolute Gasteiger partial charge is 0.122 e. The highest BCUT2D eigenvalue weighted by Crippen LogP contribution is 2.77. The van der Waals surface area contributed by atoms with Crippen LogP contribution in [0.2, 0.25) is 0 Å². The molecule has 0 radical (unpaired) electrons. The molecule has 0 amide bonds. The number of aromatic hydroxyl groups is 2. The van der Waals surface area contributed by atoms with E-state index in [0.29, 0.717) is 10.1 Å². The van der Waals surface area contributed by atoms with Gasteiger partial charge < -0.3 is 10.2 Å². The number of rotatable bonds is 3. The number of fused-ring (bicyclic) bond motifs is 1. The molecule has 2 aromatic rings. The summed E-state index contributed by atoms with van der Waals surface area (Å²) in [7, 11) is 0. The molecule has 7 heteroatoms. The maximum atomic E-state index is 9.63. The Hall–Kier alpha value is -0.770. The first-order valence-corrected chi connectivity index (χ1v) is 9.83. The van der Waals surface area contributed by atoms with E-state index in [2.05, 4.69) is 0 Å². The van der Waals surface area contributed by atoms with E-state index in [9.17, 15) is 10.2 Å². The van der Waals surface area contributed by atoms with Crippen molar-refractivity contribution in [3.63, 3.8) is 0 Å². The lowest BCUT2D eigenvalue weighted by Gasteiger charge is -2.68. The van der Waals surface area contributed by atoms with Gasteiger partial charge in [-0.15, -0.1) is 34.8 Å². The van der Waals surface area contributed by atoms with Crippen LogP contribution in [0.25, 0.3) is 0 Å². The molecule has 4 unspecified atom stereocenters. The van der Waals surface area contributed by atoms with Crippen LogP contribution in [0.5, 0.6) is 11.5 Å². The van der Waals surface area contributed by atoms with Gasteiger partial charge in [0.2, 0.25) is 0 Å². The number of phenolic OH excluding ortho intramolecular Hbond substituents is 2. The van der Waals surface area contributed by atoms with Gasteiger partial charge in [0.15, 0.2) is 0 Å². The molecule has 0 aromatic heterocycles. The maximum Gasteiger partial charge on any atom is 0.122 e. The molecule has 2 N–H and O–H groups in total. The van der Waals surface area contributed by atoms with Gasteiger partial charge >= 0.3 is 0 Å². The molecule has 2 aliphatic carbocycles. The van der Waals surface area contributed by atoms with Crippen molar-refractivity contribution in [3.8, 4) is 11.5 Å². The van der Waals surface area contributed by atoms with Crippen molar-refractivity contribution in [2.24, 2.45) is 5.92 Å². The Kier molecular flexibility index (Phi) is 4.37. The second-order valence-corrected chi connectivity index (χ2v) is 9.06. The van der Waals surface area contributed by atoms with E-state index in [0.717, 1.165) is 11.1 Å². The van der Waals surface area contributed by atoms with Crippen molar-refractivity contribution < 1.29 is 10.2 Å². The van der Waals surface area contributed by atoms with Gasteiger partial charge in [-0.25, -0.2) is 0 Å². The molecule has 2 nitrogen and oxygen atoms in total. The zero-order valence-electron chi connectivity index (χ0n) is 13.1. The highest BCUT2D eigenvalue weighted by Gasteiger charge is 2.81. The summed E-state index contributed by atoms with van der Waals surface area (Å²) in [5, 5.41) is 19.3. The molecule has 0 saturated heterocycles. The third kappa shape index (κ3) is 2.20. The van der Waals surface area contributed by atoms with Crippen molar-refractivity contribution in [1.29, 1.82) is 0 Å². The first-order chi connectivity index (χ1) is 12.2. The summed E-state index contributed by atoms with van der Waals surface area (Å²) in [6, 6.07) is 13.6. The molecule has 1 saturated carbocycles. The molecule has 2 aromatic carbocycles. The van der Waals surface area contributed by atoms with Gasteiger partial charge in [-0.3, -0.25) is 0 Å². The quantitative estimate of drug-likeness (QED) is 0.553. The van der Waals surface area contributed by atoms with Crippen molar-refractivity contribution >= 4 is 58.0 Å². The maximum absolute atomic E-state index is 9.63. The number of hydrogen-bond acceptors (Lipinski definition) is 2. The van der Waals surface area contributed by atoms with Gasteiger partial charge in [-0.1, -0.05) is 47.5 Å². The number of benzene rings is 2. The summed E-state index contributed by atoms with van der Waals surface area (Å²) >= 11 is 32.7. The molecular formula is C19H13Cl5O2. The predicted octanol–water partition coefficient (Wildman–Crippen LogP) is 6.12. The summed E-state index contributed by atoms with van der Waals surface area (Å²) in [6.07, 6.45) is 0. The first-order valence-electron chi connectivity index (χ1n) is 7.89. The molecule has 4 atom stereocenters. The number of halogens is 5. The van der Waals surface area contributed by atoms with Crippen LogP contribution >= 0.6 is 58.0 Å². The average molecular weight is 451 g/mol. The predicted molar refractivity (Wildman–Crippen MR) is 107 cm³/mol. The van der Waals surface area contributed by atoms with Gasteiger partial charge in [-0.05, 0) is 35.4 Å². The van der Waals surface area contributed by atoms with Crippen LogP contribution in [0.4, 0.5) is 0 Å². The fourth-order valence-electron chi connectivity index (χ4n) is 4.01. The van der Waals surface area contributed by atoms with Gasteiger partial charge in [0, 0.05) is 11.8 Å². The van der Waals surface area contributed by atoms with Gasteiger partial charge in [-0.2, -0.15) is 0 Å². The molecule has 2 aliphatic rings. The molecule has 0 aliphatic heterocycles. The fourth-order valence-corrected chi connectivity index (χ4v) is 6.84. The van der Waals surface area contributed by atoms with E-state index in [1.807, 2.05) is 24.3 Å². The van der Waals surface area contributed by atoms with E-state index in [4.69, 9.17) is 58.0 Å². The zero-order chi connectivity index (χ0) is 18.9. The van der Waals surface area contributed by atoms with Crippen LogP contribution in [0, 0.1) is 5.92 Å². The summed E-state index contributed by atoms with van der Waals surface area (Å²) in [5.74, 6) is -0.258. The van der Waals surface area contributed by atoms with Crippen molar-refractivity contribution in [2.75, 3.05) is 0 Å². The normalized spacial score (nSPS) is 32.8. The van der Waals surface area contributed by atoms with Gasteiger partial charge in [0.1, 0.15) is 21.2 Å². The first kappa shape index (κ1) is 18.6. The lowest BCUT2D eigenvalue weighted by Crippen LogP contribution is -2.78. The highest BCUT2D eigenvalue weighted by atomic mass is 35.5. The molecule has 136 valence electrons. The Bertz CT molecular complexity index is 850. The SMILES string of the molecule is Oc1ccc(C(c2ccc(O)cc2)C2C(Cl)C3(Cl)C(Cl)=C(Cl)C23Cl)cc1. The van der Waals surface area contributed by atoms with Crippen LogP contribution in [0.15, 0.2) is 58.6 Å². The van der Waals surface area contributed by atoms with Crippen LogP contribution in [0.3, 0.4) is 0 Å². The Balaban J connectivity index is 1.85. The molecule has 1 fully saturated rings. The number of hydrogen-bond donors (Lipinski definition) is 2. The molecule has 0 spiro atoms. The number of allylic oxidation sites excluding steroid dienone is 2. The minimum Gasteiger partial charge on any atom is -0.508 e. The summed E-state index contributed by atoms with van der Waals surface area (Å²) < 4.78 is 0. The van der Waals surface area contributed by atoms with E-state index in [1.165, 1.54) is 0 Å². The largest absolute Gasteiger partial charge is 0.508 e. The van der Waals surface area contributed by atoms with Crippen LogP contribution in [0.1, 0.15) is 17.0 Å². The Morgan fingerprint density at radius 3 is 1.54 bits per heavy atom. The highest BCUT2D eigenvalue weighted by molar-refractivity contribution is 6.59. The summed E-state index contributed by atoms with van der Waals surface area (Å²) in [6.45, 7) is 0. The second-order valence-electron chi connectivity index (χ2n) is 6.64. The van der Waals surface area contributed by atoms with Gasteiger partial charge in [0.25, 0.3) is 0 Å². The number of phenols is 2. The zero-order valence-corrected chi connectivity index (χ0v) is 16.9. The standard InChI is InChI=1S/C19H13Cl5O2/c20-15-14(18(23)16(21)17(22)19(15,18)24)13(9-1-5-11(25)6-2-9)10-3-7-12(26)8-4-10/h1-8,13-15,25-26H. The lowest BCUT2D eigenvalue weighted by molar-refractivity contribution is 0.158. The molecule has 0 bridgehead atoms. The molecular weight excluding hydrogens is 437 g/mol. The Morgan fingerprint density at radius 2 is 1.12 bits per heavy atom. The lowest BCUT2D eigenvalue weighted by atomic mass is 9.50. The minimum atomic E-state index is -1.09. The number of alkyl halides is 3. The molecule has 0 heterocycles. The second kappa shape index (κ2) is 6.12. The fraction of sp³-hybridized carbons (Fsp3) is 0.263. The van der Waals surface area contributed by atoms with E-state index in [-0.39, 0.29) is 23.3 Å². The van der Waals surface area contributed by atoms with E-state index in [1.54, 1.807) is 24.3 Å². The minimum absolute atomic E-state index is 0.158. The van der Waals surface area contributed by atoms with Crippen LogP contribution < -0.4 is 0 Å². The molecule has 26 heavy (non-hydrogen) atoms. The van der Waals surface area contributed by atoms with Crippen molar-refractivity contribution in [2.45, 2.75) is 21.0 Å². The third-order valence-electron chi connectivity index (χ3n) is 5.38. The monoisotopic (exact) mass is 448 g/mol. The van der Waals surface area contributed by atoms with Crippen LogP contribution in [-0.2, 0) is 0 Å². The van der Waals surface area contributed by atoms with Crippen LogP contribution in [-0.4, -0.2) is 25.3 Å². The van der Waals surface area contributed by atoms with E-state index < -0.39 is 15.1 Å². The summed E-state index contributed by atoms with van der Waals surface area (Å²) in [5.41, 5.74) is 1.80.